The van der Waals surface area contributed by atoms with Crippen LogP contribution in [0.3, 0.4) is 0 Å². The number of pyridine rings is 1. The Morgan fingerprint density at radius 2 is 1.69 bits per heavy atom. The molecule has 2 aliphatic carbocycles. The number of aliphatic hydroxyl groups excluding tert-OH is 1. The minimum absolute atomic E-state index is 0.0668. The van der Waals surface area contributed by atoms with E-state index in [0.29, 0.717) is 43.7 Å². The summed E-state index contributed by atoms with van der Waals surface area (Å²) in [6, 6.07) is 4.50. The van der Waals surface area contributed by atoms with Gasteiger partial charge < -0.3 is 19.7 Å². The summed E-state index contributed by atoms with van der Waals surface area (Å²) in [4.78, 5) is 5.01. The van der Waals surface area contributed by atoms with Crippen molar-refractivity contribution in [1.29, 1.82) is 0 Å². The van der Waals surface area contributed by atoms with E-state index in [9.17, 15) is 23.4 Å². The van der Waals surface area contributed by atoms with E-state index >= 15 is 0 Å². The second-order valence-corrected chi connectivity index (χ2v) is 11.1. The quantitative estimate of drug-likeness (QED) is 0.606. The zero-order chi connectivity index (χ0) is 24.8. The van der Waals surface area contributed by atoms with Crippen LogP contribution < -0.4 is 0 Å². The van der Waals surface area contributed by atoms with Crippen LogP contribution >= 0.6 is 0 Å². The molecule has 3 heterocycles. The maximum atomic E-state index is 13.2. The molecule has 1 saturated carbocycles. The Kier molecular flexibility index (Phi) is 5.02. The van der Waals surface area contributed by atoms with Crippen LogP contribution in [0.1, 0.15) is 97.2 Å². The van der Waals surface area contributed by atoms with Crippen molar-refractivity contribution in [2.24, 2.45) is 5.41 Å². The lowest BCUT2D eigenvalue weighted by atomic mass is 9.73. The number of ether oxygens (including phenoxy) is 2. The van der Waals surface area contributed by atoms with Gasteiger partial charge in [0.25, 0.3) is 0 Å². The third-order valence-electron chi connectivity index (χ3n) is 8.39. The van der Waals surface area contributed by atoms with Crippen molar-refractivity contribution in [3.05, 3.63) is 63.5 Å². The maximum absolute atomic E-state index is 13.2. The van der Waals surface area contributed by atoms with E-state index in [1.54, 1.807) is 0 Å². The number of alkyl halides is 3. The molecule has 1 unspecified atom stereocenters. The zero-order valence-corrected chi connectivity index (χ0v) is 19.9. The molecule has 0 amide bonds. The van der Waals surface area contributed by atoms with Crippen LogP contribution in [0.25, 0.3) is 0 Å². The predicted molar refractivity (Wildman–Crippen MR) is 121 cm³/mol. The van der Waals surface area contributed by atoms with Crippen LogP contribution in [0.4, 0.5) is 13.2 Å². The standard InChI is InChI=1S/C27H30F3NO4/c1-15(2)23-22-21(20-18(31-23)13-24(7-8-24)14-19(20)32)25(9-11-34-12-10-25)35-26(22,33)16-3-5-17(6-4-16)27(28,29)30/h3-6,15,19,32-33H,7-14H2,1-2H3/t19-,26?/m0/s1. The second-order valence-electron chi connectivity index (χ2n) is 11.1. The van der Waals surface area contributed by atoms with Gasteiger partial charge in [-0.2, -0.15) is 13.2 Å². The summed E-state index contributed by atoms with van der Waals surface area (Å²) in [5, 5.41) is 23.6. The van der Waals surface area contributed by atoms with Crippen LogP contribution in [-0.2, 0) is 33.5 Å². The fourth-order valence-electron chi connectivity index (χ4n) is 6.42. The number of hydrogen-bond donors (Lipinski definition) is 2. The van der Waals surface area contributed by atoms with Crippen LogP contribution in [0, 0.1) is 5.41 Å². The van der Waals surface area contributed by atoms with Gasteiger partial charge in [-0.25, -0.2) is 0 Å². The van der Waals surface area contributed by atoms with Gasteiger partial charge in [0.1, 0.15) is 5.60 Å². The highest BCUT2D eigenvalue weighted by molar-refractivity contribution is 5.56. The maximum Gasteiger partial charge on any atom is 0.416 e. The third kappa shape index (κ3) is 3.48. The average molecular weight is 490 g/mol. The van der Waals surface area contributed by atoms with Crippen molar-refractivity contribution >= 4 is 0 Å². The Labute approximate surface area is 202 Å². The fraction of sp³-hybridized carbons (Fsp3) is 0.593. The van der Waals surface area contributed by atoms with Crippen molar-refractivity contribution in [1.82, 2.24) is 4.98 Å². The van der Waals surface area contributed by atoms with Gasteiger partial charge in [0, 0.05) is 54.0 Å². The molecule has 2 N–H and O–H groups in total. The Morgan fingerprint density at radius 3 is 2.26 bits per heavy atom. The van der Waals surface area contributed by atoms with Crippen LogP contribution in [0.2, 0.25) is 0 Å². The Balaban J connectivity index is 1.60. The van der Waals surface area contributed by atoms with Gasteiger partial charge in [0.05, 0.1) is 17.4 Å². The SMILES string of the molecule is CC(C)c1nc2c(c3c1C(O)(c1ccc(C(F)(F)F)cc1)OC31CCOCC1)[C@@H](O)CC1(CC1)C2. The largest absolute Gasteiger partial charge is 0.416 e. The first-order valence-corrected chi connectivity index (χ1v) is 12.4. The average Bonchev–Trinajstić information content (AvgIpc) is 3.49. The van der Waals surface area contributed by atoms with Gasteiger partial charge >= 0.3 is 6.18 Å². The lowest BCUT2D eigenvalue weighted by Gasteiger charge is -2.38. The molecule has 5 nitrogen and oxygen atoms in total. The molecule has 35 heavy (non-hydrogen) atoms. The number of nitrogens with zero attached hydrogens (tertiary/aromatic N) is 1. The molecule has 2 fully saturated rings. The normalized spacial score (nSPS) is 28.4. The highest BCUT2D eigenvalue weighted by atomic mass is 19.4. The van der Waals surface area contributed by atoms with Gasteiger partial charge in [-0.15, -0.1) is 0 Å². The molecule has 1 aromatic carbocycles. The lowest BCUT2D eigenvalue weighted by Crippen LogP contribution is -2.38. The molecule has 2 atom stereocenters. The van der Waals surface area contributed by atoms with Crippen molar-refractivity contribution in [2.75, 3.05) is 13.2 Å². The minimum Gasteiger partial charge on any atom is -0.388 e. The van der Waals surface area contributed by atoms with E-state index in [1.165, 1.54) is 12.1 Å². The van der Waals surface area contributed by atoms with Gasteiger partial charge in [0.15, 0.2) is 0 Å². The summed E-state index contributed by atoms with van der Waals surface area (Å²) in [6.07, 6.45) is -0.651. The van der Waals surface area contributed by atoms with Crippen molar-refractivity contribution < 1.29 is 32.9 Å². The molecule has 0 radical (unpaired) electrons. The van der Waals surface area contributed by atoms with E-state index in [4.69, 9.17) is 14.5 Å². The number of aromatic nitrogens is 1. The number of aliphatic hydroxyl groups is 2. The fourth-order valence-corrected chi connectivity index (χ4v) is 6.42. The molecule has 8 heteroatoms. The minimum atomic E-state index is -4.48. The van der Waals surface area contributed by atoms with Crippen molar-refractivity contribution in [3.63, 3.8) is 0 Å². The van der Waals surface area contributed by atoms with E-state index in [0.717, 1.165) is 48.2 Å². The monoisotopic (exact) mass is 489 g/mol. The third-order valence-corrected chi connectivity index (χ3v) is 8.39. The Morgan fingerprint density at radius 1 is 1.03 bits per heavy atom. The number of rotatable bonds is 2. The van der Waals surface area contributed by atoms with Crippen molar-refractivity contribution in [2.45, 2.75) is 82.0 Å². The Bertz CT molecular complexity index is 1170. The summed E-state index contributed by atoms with van der Waals surface area (Å²) in [5.41, 5.74) is 2.18. The predicted octanol–water partition coefficient (Wildman–Crippen LogP) is 5.21. The first-order chi connectivity index (χ1) is 16.5. The molecular weight excluding hydrogens is 459 g/mol. The van der Waals surface area contributed by atoms with Gasteiger partial charge in [-0.3, -0.25) is 4.98 Å². The highest BCUT2D eigenvalue weighted by Crippen LogP contribution is 2.62. The summed E-state index contributed by atoms with van der Waals surface area (Å²) in [6.45, 7) is 4.83. The molecule has 0 bridgehead atoms. The van der Waals surface area contributed by atoms with E-state index in [-0.39, 0.29) is 16.9 Å². The molecular formula is C27H30F3NO4. The topological polar surface area (TPSA) is 71.8 Å². The number of hydrogen-bond acceptors (Lipinski definition) is 5. The first kappa shape index (κ1) is 23.4. The highest BCUT2D eigenvalue weighted by Gasteiger charge is 2.59. The summed E-state index contributed by atoms with van der Waals surface area (Å²) in [5.74, 6) is -2.05. The summed E-state index contributed by atoms with van der Waals surface area (Å²) >= 11 is 0. The van der Waals surface area contributed by atoms with Gasteiger partial charge in [-0.05, 0) is 49.1 Å². The van der Waals surface area contributed by atoms with Crippen LogP contribution in [-0.4, -0.2) is 28.4 Å². The molecule has 2 spiro atoms. The second kappa shape index (κ2) is 7.51. The molecule has 4 aliphatic rings. The molecule has 1 aromatic heterocycles. The molecule has 188 valence electrons. The number of halogens is 3. The zero-order valence-electron chi connectivity index (χ0n) is 19.9. The molecule has 2 aliphatic heterocycles. The Hall–Kier alpha value is -2.00. The summed E-state index contributed by atoms with van der Waals surface area (Å²) < 4.78 is 51.9. The van der Waals surface area contributed by atoms with E-state index in [2.05, 4.69) is 0 Å². The smallest absolute Gasteiger partial charge is 0.388 e. The van der Waals surface area contributed by atoms with Crippen LogP contribution in [0.15, 0.2) is 24.3 Å². The van der Waals surface area contributed by atoms with Gasteiger partial charge in [-0.1, -0.05) is 26.0 Å². The molecule has 1 saturated heterocycles. The molecule has 6 rings (SSSR count). The van der Waals surface area contributed by atoms with E-state index in [1.807, 2.05) is 13.8 Å². The van der Waals surface area contributed by atoms with Crippen molar-refractivity contribution in [3.8, 4) is 0 Å². The summed E-state index contributed by atoms with van der Waals surface area (Å²) in [7, 11) is 0. The van der Waals surface area contributed by atoms with Crippen LogP contribution in [0.5, 0.6) is 0 Å². The number of benzene rings is 1. The molecule has 2 aromatic rings. The number of fused-ring (bicyclic) bond motifs is 4. The lowest BCUT2D eigenvalue weighted by molar-refractivity contribution is -0.251. The van der Waals surface area contributed by atoms with E-state index < -0.39 is 29.2 Å². The van der Waals surface area contributed by atoms with Gasteiger partial charge in [0.2, 0.25) is 5.79 Å². The first-order valence-electron chi connectivity index (χ1n) is 12.4.